The number of rotatable bonds is 1. The summed E-state index contributed by atoms with van der Waals surface area (Å²) >= 11 is 0. The van der Waals surface area contributed by atoms with Gasteiger partial charge in [0.15, 0.2) is 0 Å². The van der Waals surface area contributed by atoms with Gasteiger partial charge < -0.3 is 0 Å². The van der Waals surface area contributed by atoms with Crippen LogP contribution in [0.4, 0.5) is 0 Å². The Labute approximate surface area is 81.7 Å². The Balaban J connectivity index is 2.27. The Kier molecular flexibility index (Phi) is 3.77. The molecule has 0 radical (unpaired) electrons. The Hall–Kier alpha value is -0.520. The molecule has 1 aliphatic heterocycles. The fourth-order valence-corrected chi connectivity index (χ4v) is 1.28. The first-order chi connectivity index (χ1) is 6.08. The molecular formula is C11H20N2. The lowest BCUT2D eigenvalue weighted by Crippen LogP contribution is -2.43. The summed E-state index contributed by atoms with van der Waals surface area (Å²) in [5.74, 6) is 6.45. The highest BCUT2D eigenvalue weighted by atomic mass is 15.5. The molecular weight excluding hydrogens is 160 g/mol. The van der Waals surface area contributed by atoms with Crippen LogP contribution >= 0.6 is 0 Å². The number of nitrogens with zero attached hydrogens (tertiary/aromatic N) is 1. The zero-order valence-electron chi connectivity index (χ0n) is 8.98. The SMILES string of the molecule is CC(C)(C)C#CCN1CCCCN1. The van der Waals surface area contributed by atoms with Gasteiger partial charge in [-0.25, -0.2) is 5.01 Å². The van der Waals surface area contributed by atoms with Crippen LogP contribution in [0.15, 0.2) is 0 Å². The third kappa shape index (κ3) is 4.92. The average molecular weight is 180 g/mol. The monoisotopic (exact) mass is 180 g/mol. The van der Waals surface area contributed by atoms with E-state index in [1.165, 1.54) is 12.8 Å². The summed E-state index contributed by atoms with van der Waals surface area (Å²) in [5.41, 5.74) is 3.47. The van der Waals surface area contributed by atoms with Crippen LogP contribution in [0.1, 0.15) is 33.6 Å². The molecule has 1 rings (SSSR count). The molecule has 1 fully saturated rings. The predicted molar refractivity (Wildman–Crippen MR) is 56.0 cm³/mol. The Morgan fingerprint density at radius 2 is 2.08 bits per heavy atom. The molecule has 0 unspecified atom stereocenters. The molecule has 1 heterocycles. The van der Waals surface area contributed by atoms with Gasteiger partial charge >= 0.3 is 0 Å². The molecule has 0 spiro atoms. The van der Waals surface area contributed by atoms with E-state index in [-0.39, 0.29) is 5.41 Å². The smallest absolute Gasteiger partial charge is 0.0742 e. The molecule has 74 valence electrons. The molecule has 0 saturated carbocycles. The maximum atomic E-state index is 3.34. The van der Waals surface area contributed by atoms with E-state index in [1.807, 2.05) is 0 Å². The molecule has 2 heteroatoms. The minimum absolute atomic E-state index is 0.135. The summed E-state index contributed by atoms with van der Waals surface area (Å²) in [6, 6.07) is 0. The molecule has 0 atom stereocenters. The highest BCUT2D eigenvalue weighted by Gasteiger charge is 2.07. The van der Waals surface area contributed by atoms with Crippen molar-refractivity contribution in [3.8, 4) is 11.8 Å². The molecule has 0 bridgehead atoms. The molecule has 1 saturated heterocycles. The number of hydrazine groups is 1. The van der Waals surface area contributed by atoms with Crippen LogP contribution in [-0.2, 0) is 0 Å². The second-order valence-corrected chi connectivity index (χ2v) is 4.59. The van der Waals surface area contributed by atoms with Gasteiger partial charge in [0, 0.05) is 18.5 Å². The van der Waals surface area contributed by atoms with Crippen molar-refractivity contribution >= 4 is 0 Å². The minimum Gasteiger partial charge on any atom is -0.254 e. The fourth-order valence-electron chi connectivity index (χ4n) is 1.28. The first-order valence-corrected chi connectivity index (χ1v) is 5.06. The first-order valence-electron chi connectivity index (χ1n) is 5.06. The van der Waals surface area contributed by atoms with E-state index in [1.54, 1.807) is 0 Å². The lowest BCUT2D eigenvalue weighted by molar-refractivity contribution is 0.175. The maximum Gasteiger partial charge on any atom is 0.0742 e. The maximum absolute atomic E-state index is 3.34. The van der Waals surface area contributed by atoms with Gasteiger partial charge in [-0.05, 0) is 33.6 Å². The molecule has 1 N–H and O–H groups in total. The van der Waals surface area contributed by atoms with Crippen molar-refractivity contribution in [1.82, 2.24) is 10.4 Å². The largest absolute Gasteiger partial charge is 0.254 e. The van der Waals surface area contributed by atoms with Crippen LogP contribution in [-0.4, -0.2) is 24.6 Å². The van der Waals surface area contributed by atoms with Crippen molar-refractivity contribution in [3.63, 3.8) is 0 Å². The second-order valence-electron chi connectivity index (χ2n) is 4.59. The van der Waals surface area contributed by atoms with Gasteiger partial charge in [0.25, 0.3) is 0 Å². The molecule has 0 aliphatic carbocycles. The van der Waals surface area contributed by atoms with Crippen LogP contribution < -0.4 is 5.43 Å². The van der Waals surface area contributed by atoms with Crippen LogP contribution in [0.2, 0.25) is 0 Å². The quantitative estimate of drug-likeness (QED) is 0.617. The molecule has 0 amide bonds. The Bertz CT molecular complexity index is 198. The minimum atomic E-state index is 0.135. The van der Waals surface area contributed by atoms with Crippen LogP contribution in [0, 0.1) is 17.3 Å². The zero-order valence-corrected chi connectivity index (χ0v) is 8.98. The highest BCUT2D eigenvalue weighted by Crippen LogP contribution is 2.09. The summed E-state index contributed by atoms with van der Waals surface area (Å²) in [5, 5.41) is 2.21. The van der Waals surface area contributed by atoms with Gasteiger partial charge in [-0.15, -0.1) is 0 Å². The number of hydrogen-bond donors (Lipinski definition) is 1. The predicted octanol–water partition coefficient (Wildman–Crippen LogP) is 1.64. The normalized spacial score (nSPS) is 19.3. The molecule has 2 nitrogen and oxygen atoms in total. The van der Waals surface area contributed by atoms with Gasteiger partial charge in [0.2, 0.25) is 0 Å². The van der Waals surface area contributed by atoms with Crippen molar-refractivity contribution in [1.29, 1.82) is 0 Å². The van der Waals surface area contributed by atoms with Gasteiger partial charge in [-0.3, -0.25) is 5.43 Å². The topological polar surface area (TPSA) is 15.3 Å². The summed E-state index contributed by atoms with van der Waals surface area (Å²) in [6.07, 6.45) is 2.59. The van der Waals surface area contributed by atoms with E-state index in [9.17, 15) is 0 Å². The third-order valence-electron chi connectivity index (χ3n) is 1.92. The van der Waals surface area contributed by atoms with Crippen molar-refractivity contribution < 1.29 is 0 Å². The lowest BCUT2D eigenvalue weighted by Gasteiger charge is -2.25. The third-order valence-corrected chi connectivity index (χ3v) is 1.92. The molecule has 0 aromatic carbocycles. The van der Waals surface area contributed by atoms with Crippen molar-refractivity contribution in [3.05, 3.63) is 0 Å². The average Bonchev–Trinajstić information content (AvgIpc) is 2.04. The zero-order chi connectivity index (χ0) is 9.73. The van der Waals surface area contributed by atoms with Crippen LogP contribution in [0.3, 0.4) is 0 Å². The fraction of sp³-hybridized carbons (Fsp3) is 0.818. The van der Waals surface area contributed by atoms with Crippen molar-refractivity contribution in [2.75, 3.05) is 19.6 Å². The molecule has 0 aromatic rings. The standard InChI is InChI=1S/C11H20N2/c1-11(2,3)7-6-10-13-9-5-4-8-12-13/h12H,4-5,8-10H2,1-3H3. The van der Waals surface area contributed by atoms with Crippen LogP contribution in [0.5, 0.6) is 0 Å². The van der Waals surface area contributed by atoms with E-state index in [2.05, 4.69) is 43.0 Å². The van der Waals surface area contributed by atoms with Gasteiger partial charge in [0.1, 0.15) is 0 Å². The second kappa shape index (κ2) is 4.64. The van der Waals surface area contributed by atoms with E-state index in [0.29, 0.717) is 0 Å². The van der Waals surface area contributed by atoms with Gasteiger partial charge in [-0.2, -0.15) is 0 Å². The Morgan fingerprint density at radius 3 is 2.62 bits per heavy atom. The van der Waals surface area contributed by atoms with Crippen molar-refractivity contribution in [2.24, 2.45) is 5.41 Å². The van der Waals surface area contributed by atoms with E-state index in [4.69, 9.17) is 0 Å². The van der Waals surface area contributed by atoms with E-state index in [0.717, 1.165) is 19.6 Å². The Morgan fingerprint density at radius 1 is 1.31 bits per heavy atom. The lowest BCUT2D eigenvalue weighted by atomic mass is 9.98. The number of hydrogen-bond acceptors (Lipinski definition) is 2. The number of nitrogens with one attached hydrogen (secondary N) is 1. The van der Waals surface area contributed by atoms with E-state index < -0.39 is 0 Å². The highest BCUT2D eigenvalue weighted by molar-refractivity contribution is 5.08. The summed E-state index contributed by atoms with van der Waals surface area (Å²) in [6.45, 7) is 9.53. The summed E-state index contributed by atoms with van der Waals surface area (Å²) in [4.78, 5) is 0. The molecule has 0 aromatic heterocycles. The summed E-state index contributed by atoms with van der Waals surface area (Å²) < 4.78 is 0. The van der Waals surface area contributed by atoms with Gasteiger partial charge in [-0.1, -0.05) is 11.8 Å². The van der Waals surface area contributed by atoms with Crippen molar-refractivity contribution in [2.45, 2.75) is 33.6 Å². The van der Waals surface area contributed by atoms with Gasteiger partial charge in [0.05, 0.1) is 6.54 Å². The van der Waals surface area contributed by atoms with Crippen LogP contribution in [0.25, 0.3) is 0 Å². The summed E-state index contributed by atoms with van der Waals surface area (Å²) in [7, 11) is 0. The molecule has 13 heavy (non-hydrogen) atoms. The first kappa shape index (κ1) is 10.6. The molecule has 1 aliphatic rings. The van der Waals surface area contributed by atoms with E-state index >= 15 is 0 Å².